The fourth-order valence-corrected chi connectivity index (χ4v) is 4.53. The maximum Gasteiger partial charge on any atom is 0.146 e. The normalized spacial score (nSPS) is 11.5. The first-order valence-electron chi connectivity index (χ1n) is 8.27. The SMILES string of the molecule is CCN(CC)CCSc1nnc(-c2ccccc2)c2sc(C)nc12. The van der Waals surface area contributed by atoms with Gasteiger partial charge in [-0.2, -0.15) is 0 Å². The van der Waals surface area contributed by atoms with E-state index in [0.717, 1.165) is 56.9 Å². The van der Waals surface area contributed by atoms with E-state index < -0.39 is 0 Å². The Balaban J connectivity index is 1.88. The minimum atomic E-state index is 0.935. The lowest BCUT2D eigenvalue weighted by atomic mass is 10.1. The maximum absolute atomic E-state index is 4.72. The third-order valence-electron chi connectivity index (χ3n) is 3.98. The molecule has 0 N–H and O–H groups in total. The Morgan fingerprint density at radius 2 is 1.83 bits per heavy atom. The molecule has 1 aromatic carbocycles. The van der Waals surface area contributed by atoms with E-state index in [1.807, 2.05) is 25.1 Å². The Kier molecular flexibility index (Phi) is 5.81. The summed E-state index contributed by atoms with van der Waals surface area (Å²) in [6.07, 6.45) is 0. The van der Waals surface area contributed by atoms with E-state index in [4.69, 9.17) is 4.98 Å². The molecule has 0 fully saturated rings. The van der Waals surface area contributed by atoms with E-state index in [-0.39, 0.29) is 0 Å². The van der Waals surface area contributed by atoms with Gasteiger partial charge in [0, 0.05) is 17.9 Å². The molecule has 0 bridgehead atoms. The Bertz CT molecular complexity index is 797. The number of thioether (sulfide) groups is 1. The van der Waals surface area contributed by atoms with Crippen LogP contribution in [0.5, 0.6) is 0 Å². The minimum Gasteiger partial charge on any atom is -0.303 e. The van der Waals surface area contributed by atoms with Crippen LogP contribution in [0, 0.1) is 6.92 Å². The predicted molar refractivity (Wildman–Crippen MR) is 104 cm³/mol. The summed E-state index contributed by atoms with van der Waals surface area (Å²) in [6.45, 7) is 9.67. The molecule has 3 rings (SSSR count). The van der Waals surface area contributed by atoms with Crippen LogP contribution in [-0.2, 0) is 0 Å². The van der Waals surface area contributed by atoms with Crippen LogP contribution in [0.15, 0.2) is 35.4 Å². The summed E-state index contributed by atoms with van der Waals surface area (Å²) >= 11 is 3.45. The van der Waals surface area contributed by atoms with Crippen LogP contribution in [-0.4, -0.2) is 45.5 Å². The van der Waals surface area contributed by atoms with Gasteiger partial charge in [0.1, 0.15) is 16.2 Å². The zero-order valence-corrected chi connectivity index (χ0v) is 16.0. The topological polar surface area (TPSA) is 41.9 Å². The zero-order valence-electron chi connectivity index (χ0n) is 14.3. The van der Waals surface area contributed by atoms with Crippen LogP contribution in [0.3, 0.4) is 0 Å². The highest BCUT2D eigenvalue weighted by Crippen LogP contribution is 2.35. The molecule has 24 heavy (non-hydrogen) atoms. The van der Waals surface area contributed by atoms with Gasteiger partial charge in [0.15, 0.2) is 0 Å². The van der Waals surface area contributed by atoms with Crippen LogP contribution >= 0.6 is 23.1 Å². The number of aryl methyl sites for hydroxylation is 1. The second kappa shape index (κ2) is 8.05. The summed E-state index contributed by atoms with van der Waals surface area (Å²) in [5, 5.41) is 11.0. The highest BCUT2D eigenvalue weighted by Gasteiger charge is 2.15. The molecule has 0 atom stereocenters. The fraction of sp³-hybridized carbons (Fsp3) is 0.389. The van der Waals surface area contributed by atoms with Gasteiger partial charge in [0.25, 0.3) is 0 Å². The zero-order chi connectivity index (χ0) is 16.9. The standard InChI is InChI=1S/C18H22N4S2/c1-4-22(5-2)11-12-23-18-16-17(24-13(3)19-16)15(20-21-18)14-9-7-6-8-10-14/h6-10H,4-5,11-12H2,1-3H3. The van der Waals surface area contributed by atoms with Gasteiger partial charge >= 0.3 is 0 Å². The van der Waals surface area contributed by atoms with Gasteiger partial charge < -0.3 is 4.90 Å². The van der Waals surface area contributed by atoms with Crippen molar-refractivity contribution in [3.63, 3.8) is 0 Å². The van der Waals surface area contributed by atoms with Gasteiger partial charge in [0.2, 0.25) is 0 Å². The summed E-state index contributed by atoms with van der Waals surface area (Å²) in [6, 6.07) is 10.2. The molecule has 0 aliphatic rings. The Labute approximate surface area is 151 Å². The summed E-state index contributed by atoms with van der Waals surface area (Å²) in [5.74, 6) is 1.01. The van der Waals surface area contributed by atoms with Crippen molar-refractivity contribution in [2.75, 3.05) is 25.4 Å². The average Bonchev–Trinajstić information content (AvgIpc) is 3.01. The van der Waals surface area contributed by atoms with Gasteiger partial charge in [-0.25, -0.2) is 4.98 Å². The molecule has 2 aromatic heterocycles. The van der Waals surface area contributed by atoms with Crippen molar-refractivity contribution in [3.05, 3.63) is 35.3 Å². The van der Waals surface area contributed by atoms with E-state index in [0.29, 0.717) is 0 Å². The average molecular weight is 359 g/mol. The first-order valence-corrected chi connectivity index (χ1v) is 10.1. The van der Waals surface area contributed by atoms with Crippen molar-refractivity contribution in [1.82, 2.24) is 20.1 Å². The third-order valence-corrected chi connectivity index (χ3v) is 5.89. The summed E-state index contributed by atoms with van der Waals surface area (Å²) < 4.78 is 1.14. The van der Waals surface area contributed by atoms with Crippen molar-refractivity contribution >= 4 is 33.3 Å². The minimum absolute atomic E-state index is 0.935. The number of benzene rings is 1. The smallest absolute Gasteiger partial charge is 0.146 e. The number of aromatic nitrogens is 3. The molecular formula is C18H22N4S2. The van der Waals surface area contributed by atoms with Crippen LogP contribution in [0.1, 0.15) is 18.9 Å². The van der Waals surface area contributed by atoms with Gasteiger partial charge in [0.05, 0.1) is 9.71 Å². The van der Waals surface area contributed by atoms with Gasteiger partial charge in [-0.1, -0.05) is 44.2 Å². The predicted octanol–water partition coefficient (Wildman–Crippen LogP) is 4.50. The number of rotatable bonds is 7. The van der Waals surface area contributed by atoms with E-state index in [1.165, 1.54) is 0 Å². The van der Waals surface area contributed by atoms with E-state index >= 15 is 0 Å². The van der Waals surface area contributed by atoms with Crippen molar-refractivity contribution < 1.29 is 0 Å². The van der Waals surface area contributed by atoms with Crippen LogP contribution in [0.25, 0.3) is 21.5 Å². The molecule has 6 heteroatoms. The molecule has 0 saturated carbocycles. The maximum atomic E-state index is 4.72. The van der Waals surface area contributed by atoms with Gasteiger partial charge in [-0.3, -0.25) is 0 Å². The highest BCUT2D eigenvalue weighted by molar-refractivity contribution is 7.99. The fourth-order valence-electron chi connectivity index (χ4n) is 2.61. The van der Waals surface area contributed by atoms with E-state index in [1.54, 1.807) is 23.1 Å². The Morgan fingerprint density at radius 3 is 2.54 bits per heavy atom. The first-order chi connectivity index (χ1) is 11.7. The van der Waals surface area contributed by atoms with Crippen molar-refractivity contribution in [2.45, 2.75) is 25.8 Å². The Hall–Kier alpha value is -1.50. The summed E-state index contributed by atoms with van der Waals surface area (Å²) in [4.78, 5) is 7.14. The molecule has 0 aliphatic heterocycles. The first kappa shape index (κ1) is 17.3. The number of hydrogen-bond acceptors (Lipinski definition) is 6. The van der Waals surface area contributed by atoms with Gasteiger partial charge in [-0.05, 0) is 20.0 Å². The molecule has 2 heterocycles. The van der Waals surface area contributed by atoms with Gasteiger partial charge in [-0.15, -0.1) is 33.3 Å². The number of nitrogens with zero attached hydrogens (tertiary/aromatic N) is 4. The molecule has 3 aromatic rings. The number of thiazole rings is 1. The van der Waals surface area contributed by atoms with Crippen molar-refractivity contribution in [1.29, 1.82) is 0 Å². The summed E-state index contributed by atoms with van der Waals surface area (Å²) in [7, 11) is 0. The number of fused-ring (bicyclic) bond motifs is 1. The van der Waals surface area contributed by atoms with Crippen molar-refractivity contribution in [3.8, 4) is 11.3 Å². The van der Waals surface area contributed by atoms with Crippen LogP contribution in [0.4, 0.5) is 0 Å². The van der Waals surface area contributed by atoms with E-state index in [9.17, 15) is 0 Å². The molecule has 0 radical (unpaired) electrons. The quantitative estimate of drug-likeness (QED) is 0.582. The molecule has 0 spiro atoms. The second-order valence-corrected chi connectivity index (χ2v) is 7.79. The molecule has 0 unspecified atom stereocenters. The van der Waals surface area contributed by atoms with Crippen LogP contribution < -0.4 is 0 Å². The molecular weight excluding hydrogens is 336 g/mol. The second-order valence-electron chi connectivity index (χ2n) is 5.51. The van der Waals surface area contributed by atoms with Crippen molar-refractivity contribution in [2.24, 2.45) is 0 Å². The monoisotopic (exact) mass is 358 g/mol. The lowest BCUT2D eigenvalue weighted by Crippen LogP contribution is -2.25. The molecule has 0 aliphatic carbocycles. The summed E-state index contributed by atoms with van der Waals surface area (Å²) in [5.41, 5.74) is 3.03. The molecule has 126 valence electrons. The lowest BCUT2D eigenvalue weighted by Gasteiger charge is -2.17. The van der Waals surface area contributed by atoms with E-state index in [2.05, 4.69) is 41.1 Å². The third kappa shape index (κ3) is 3.77. The lowest BCUT2D eigenvalue weighted by molar-refractivity contribution is 0.324. The van der Waals surface area contributed by atoms with Crippen LogP contribution in [0.2, 0.25) is 0 Å². The highest BCUT2D eigenvalue weighted by atomic mass is 32.2. The molecule has 0 amide bonds. The molecule has 0 saturated heterocycles. The largest absolute Gasteiger partial charge is 0.303 e. The molecule has 4 nitrogen and oxygen atoms in total. The Morgan fingerprint density at radius 1 is 1.08 bits per heavy atom. The number of hydrogen-bond donors (Lipinski definition) is 0.